The minimum Gasteiger partial charge on any atom is -0.448 e. The molecule has 7 heteroatoms. The second-order valence-corrected chi connectivity index (χ2v) is 6.43. The van der Waals surface area contributed by atoms with Gasteiger partial charge in [0.15, 0.2) is 6.10 Å². The van der Waals surface area contributed by atoms with E-state index >= 15 is 0 Å². The fourth-order valence-corrected chi connectivity index (χ4v) is 3.04. The van der Waals surface area contributed by atoms with Crippen LogP contribution in [0.3, 0.4) is 0 Å². The van der Waals surface area contributed by atoms with Crippen LogP contribution in [0.15, 0.2) is 54.6 Å². The predicted octanol–water partition coefficient (Wildman–Crippen LogP) is 1.98. The number of esters is 1. The fourth-order valence-electron chi connectivity index (χ4n) is 2.96. The van der Waals surface area contributed by atoms with E-state index in [0.29, 0.717) is 12.0 Å². The largest absolute Gasteiger partial charge is 0.448 e. The maximum absolute atomic E-state index is 12.5. The molecule has 6 nitrogen and oxygen atoms in total. The van der Waals surface area contributed by atoms with Gasteiger partial charge in [-0.3, -0.25) is 9.59 Å². The summed E-state index contributed by atoms with van der Waals surface area (Å²) in [6.45, 7) is 0.154. The molecule has 2 unspecified atom stereocenters. The fraction of sp³-hybridized carbons (Fsp3) is 0.250. The van der Waals surface area contributed by atoms with E-state index in [9.17, 15) is 14.4 Å². The summed E-state index contributed by atoms with van der Waals surface area (Å²) in [6.07, 6.45) is -0.579. The third kappa shape index (κ3) is 4.65. The summed E-state index contributed by atoms with van der Waals surface area (Å²) in [5.41, 5.74) is 2.10. The molecule has 2 aromatic carbocycles. The predicted molar refractivity (Wildman–Crippen MR) is 100 cm³/mol. The van der Waals surface area contributed by atoms with E-state index in [-0.39, 0.29) is 18.3 Å². The zero-order chi connectivity index (χ0) is 19.2. The third-order valence-electron chi connectivity index (χ3n) is 4.32. The number of halogens is 1. The Bertz CT molecular complexity index is 841. The van der Waals surface area contributed by atoms with Gasteiger partial charge < -0.3 is 15.4 Å². The number of nitrogens with one attached hydrogen (secondary N) is 2. The standard InChI is InChI=1S/C20H19ClN2O4/c21-11-18(24)23-16(13-6-2-1-3-7-13)12-22-19(25)17-10-14-8-4-5-9-15(14)20(26)27-17/h1-9,16-17H,10-12H2,(H,22,25)(H,23,24). The number of ether oxygens (including phenoxy) is 1. The monoisotopic (exact) mass is 386 g/mol. The Morgan fingerprint density at radius 3 is 2.56 bits per heavy atom. The maximum atomic E-state index is 12.5. The van der Waals surface area contributed by atoms with Crippen molar-refractivity contribution in [3.8, 4) is 0 Å². The molecule has 0 spiro atoms. The number of alkyl halides is 1. The molecule has 1 heterocycles. The molecule has 27 heavy (non-hydrogen) atoms. The summed E-state index contributed by atoms with van der Waals surface area (Å²) in [4.78, 5) is 36.3. The normalized spacial score (nSPS) is 16.6. The molecule has 0 aliphatic carbocycles. The molecular formula is C20H19ClN2O4. The molecule has 2 atom stereocenters. The Hall–Kier alpha value is -2.86. The summed E-state index contributed by atoms with van der Waals surface area (Å²) in [5, 5.41) is 5.53. The van der Waals surface area contributed by atoms with Gasteiger partial charge in [0.05, 0.1) is 11.6 Å². The van der Waals surface area contributed by atoms with E-state index < -0.39 is 24.0 Å². The number of hydrogen-bond donors (Lipinski definition) is 2. The van der Waals surface area contributed by atoms with Crippen molar-refractivity contribution in [1.29, 1.82) is 0 Å². The molecule has 2 N–H and O–H groups in total. The van der Waals surface area contributed by atoms with E-state index in [2.05, 4.69) is 10.6 Å². The van der Waals surface area contributed by atoms with Crippen LogP contribution in [0.2, 0.25) is 0 Å². The van der Waals surface area contributed by atoms with Gasteiger partial charge >= 0.3 is 5.97 Å². The van der Waals surface area contributed by atoms with Crippen molar-refractivity contribution in [3.05, 3.63) is 71.3 Å². The zero-order valence-electron chi connectivity index (χ0n) is 14.5. The second kappa shape index (κ2) is 8.68. The number of cyclic esters (lactones) is 1. The summed E-state index contributed by atoms with van der Waals surface area (Å²) in [7, 11) is 0. The lowest BCUT2D eigenvalue weighted by Crippen LogP contribution is -2.45. The van der Waals surface area contributed by atoms with E-state index in [1.807, 2.05) is 42.5 Å². The summed E-state index contributed by atoms with van der Waals surface area (Å²) < 4.78 is 5.26. The average Bonchev–Trinajstić information content (AvgIpc) is 2.71. The SMILES string of the molecule is O=C(CCl)NC(CNC(=O)C1Cc2ccccc2C(=O)O1)c1ccccc1. The second-order valence-electron chi connectivity index (χ2n) is 6.16. The Balaban J connectivity index is 1.66. The van der Waals surface area contributed by atoms with Gasteiger partial charge in [-0.05, 0) is 17.2 Å². The van der Waals surface area contributed by atoms with Crippen molar-refractivity contribution in [2.45, 2.75) is 18.6 Å². The van der Waals surface area contributed by atoms with Gasteiger partial charge in [0.25, 0.3) is 5.91 Å². The minimum atomic E-state index is -0.896. The van der Waals surface area contributed by atoms with E-state index in [0.717, 1.165) is 11.1 Å². The van der Waals surface area contributed by atoms with Gasteiger partial charge in [0.2, 0.25) is 5.91 Å². The highest BCUT2D eigenvalue weighted by Gasteiger charge is 2.31. The van der Waals surface area contributed by atoms with Crippen molar-refractivity contribution in [3.63, 3.8) is 0 Å². The van der Waals surface area contributed by atoms with Crippen LogP contribution in [0.1, 0.15) is 27.5 Å². The summed E-state index contributed by atoms with van der Waals surface area (Å²) >= 11 is 5.58. The lowest BCUT2D eigenvalue weighted by atomic mass is 9.98. The molecule has 1 aliphatic rings. The number of fused-ring (bicyclic) bond motifs is 1. The molecule has 0 aromatic heterocycles. The molecule has 2 amide bonds. The molecule has 3 rings (SSSR count). The van der Waals surface area contributed by atoms with Crippen LogP contribution in [0.25, 0.3) is 0 Å². The number of carbonyl (C=O) groups excluding carboxylic acids is 3. The van der Waals surface area contributed by atoms with Crippen LogP contribution in [0.4, 0.5) is 0 Å². The lowest BCUT2D eigenvalue weighted by Gasteiger charge is -2.25. The van der Waals surface area contributed by atoms with Crippen molar-refractivity contribution < 1.29 is 19.1 Å². The van der Waals surface area contributed by atoms with Crippen molar-refractivity contribution in [1.82, 2.24) is 10.6 Å². The molecule has 0 saturated carbocycles. The van der Waals surface area contributed by atoms with Crippen LogP contribution < -0.4 is 10.6 Å². The molecule has 0 bridgehead atoms. The molecule has 0 saturated heterocycles. The highest BCUT2D eigenvalue weighted by molar-refractivity contribution is 6.27. The number of amides is 2. The third-order valence-corrected chi connectivity index (χ3v) is 4.57. The zero-order valence-corrected chi connectivity index (χ0v) is 15.2. The van der Waals surface area contributed by atoms with Gasteiger partial charge in [-0.15, -0.1) is 11.6 Å². The van der Waals surface area contributed by atoms with Gasteiger partial charge in [-0.2, -0.15) is 0 Å². The van der Waals surface area contributed by atoms with Crippen LogP contribution in [-0.2, 0) is 20.7 Å². The highest BCUT2D eigenvalue weighted by Crippen LogP contribution is 2.20. The van der Waals surface area contributed by atoms with Gasteiger partial charge in [0, 0.05) is 13.0 Å². The lowest BCUT2D eigenvalue weighted by molar-refractivity contribution is -0.130. The quantitative estimate of drug-likeness (QED) is 0.587. The van der Waals surface area contributed by atoms with Crippen molar-refractivity contribution in [2.75, 3.05) is 12.4 Å². The first-order chi connectivity index (χ1) is 13.1. The number of carbonyl (C=O) groups is 3. The summed E-state index contributed by atoms with van der Waals surface area (Å²) in [6, 6.07) is 15.9. The number of rotatable bonds is 6. The molecule has 1 aliphatic heterocycles. The van der Waals surface area contributed by atoms with Crippen molar-refractivity contribution in [2.24, 2.45) is 0 Å². The average molecular weight is 387 g/mol. The minimum absolute atomic E-state index is 0.154. The smallest absolute Gasteiger partial charge is 0.339 e. The highest BCUT2D eigenvalue weighted by atomic mass is 35.5. The Morgan fingerprint density at radius 1 is 1.11 bits per heavy atom. The van der Waals surface area contributed by atoms with Crippen LogP contribution >= 0.6 is 11.6 Å². The Kier molecular flexibility index (Phi) is 6.08. The first-order valence-electron chi connectivity index (χ1n) is 8.55. The first kappa shape index (κ1) is 18.9. The molecule has 0 fully saturated rings. The first-order valence-corrected chi connectivity index (χ1v) is 9.09. The number of benzene rings is 2. The van der Waals surface area contributed by atoms with E-state index in [4.69, 9.17) is 16.3 Å². The topological polar surface area (TPSA) is 84.5 Å². The molecule has 2 aromatic rings. The Labute approximate surface area is 161 Å². The van der Waals surface area contributed by atoms with Gasteiger partial charge in [-0.25, -0.2) is 4.79 Å². The summed E-state index contributed by atoms with van der Waals surface area (Å²) in [5.74, 6) is -1.42. The van der Waals surface area contributed by atoms with Crippen molar-refractivity contribution >= 4 is 29.4 Å². The molecule has 140 valence electrons. The maximum Gasteiger partial charge on any atom is 0.339 e. The Morgan fingerprint density at radius 2 is 1.81 bits per heavy atom. The molecule has 0 radical (unpaired) electrons. The molecular weight excluding hydrogens is 368 g/mol. The van der Waals surface area contributed by atoms with Gasteiger partial charge in [0.1, 0.15) is 5.88 Å². The number of hydrogen-bond acceptors (Lipinski definition) is 4. The van der Waals surface area contributed by atoms with E-state index in [1.165, 1.54) is 0 Å². The van der Waals surface area contributed by atoms with Crippen LogP contribution in [-0.4, -0.2) is 36.3 Å². The van der Waals surface area contributed by atoms with Crippen LogP contribution in [0.5, 0.6) is 0 Å². The van der Waals surface area contributed by atoms with Gasteiger partial charge in [-0.1, -0.05) is 48.5 Å². The van der Waals surface area contributed by atoms with E-state index in [1.54, 1.807) is 12.1 Å². The van der Waals surface area contributed by atoms with Crippen LogP contribution in [0, 0.1) is 0 Å².